The number of hydrogen-bond acceptors (Lipinski definition) is 7. The molecule has 0 saturated heterocycles. The molecule has 2 rings (SSSR count). The molecule has 0 radical (unpaired) electrons. The second kappa shape index (κ2) is 8.60. The summed E-state index contributed by atoms with van der Waals surface area (Å²) in [6.07, 6.45) is 3.03. The smallest absolute Gasteiger partial charge is 0.303 e. The van der Waals surface area contributed by atoms with Gasteiger partial charge in [0, 0.05) is 6.92 Å². The Bertz CT molecular complexity index is 763. The van der Waals surface area contributed by atoms with Gasteiger partial charge in [0.2, 0.25) is 5.78 Å². The van der Waals surface area contributed by atoms with E-state index in [1.54, 1.807) is 0 Å². The van der Waals surface area contributed by atoms with Crippen molar-refractivity contribution < 1.29 is 34.4 Å². The van der Waals surface area contributed by atoms with Crippen LogP contribution in [0.5, 0.6) is 0 Å². The number of hydrogen-bond donors (Lipinski definition) is 3. The summed E-state index contributed by atoms with van der Waals surface area (Å²) in [7, 11) is 0. The highest BCUT2D eigenvalue weighted by Gasteiger charge is 2.53. The average molecular weight is 429 g/mol. The van der Waals surface area contributed by atoms with Crippen LogP contribution in [0.4, 0.5) is 0 Å². The molecule has 29 heavy (non-hydrogen) atoms. The first-order valence-electron chi connectivity index (χ1n) is 9.61. The summed E-state index contributed by atoms with van der Waals surface area (Å²) in [5.41, 5.74) is -3.06. The molecule has 0 aromatic heterocycles. The van der Waals surface area contributed by atoms with E-state index in [4.69, 9.17) is 21.1 Å². The van der Waals surface area contributed by atoms with E-state index in [9.17, 15) is 24.9 Å². The molecule has 0 bridgehead atoms. The molecule has 1 aliphatic carbocycles. The lowest BCUT2D eigenvalue weighted by Gasteiger charge is -2.42. The predicted octanol–water partition coefficient (Wildman–Crippen LogP) is 1.99. The number of fused-ring (bicyclic) bond motifs is 1. The van der Waals surface area contributed by atoms with E-state index in [0.717, 1.165) is 0 Å². The Morgan fingerprint density at radius 1 is 1.55 bits per heavy atom. The molecule has 0 aromatic carbocycles. The van der Waals surface area contributed by atoms with Crippen molar-refractivity contribution >= 4 is 23.4 Å². The Labute approximate surface area is 175 Å². The standard InChI is InChI=1S/C21H29ClO7/c1-6-11(2)17(24)20(4,26)8-7-13-9-14-15(10-28-13)19(29-12(3)23)21(5,27)18(25)16(14)22/h7-9,11,15,17,19,24,26-27H,6,10H2,1-5H3/b8-7+/t11-,15-,17+,19+,20+,21-/m0/s1. The zero-order chi connectivity index (χ0) is 22.1. The van der Waals surface area contributed by atoms with Crippen molar-refractivity contribution in [2.75, 3.05) is 6.61 Å². The summed E-state index contributed by atoms with van der Waals surface area (Å²) in [6.45, 7) is 7.72. The highest BCUT2D eigenvalue weighted by Crippen LogP contribution is 2.41. The molecule has 3 N–H and O–H groups in total. The molecular weight excluding hydrogens is 400 g/mol. The number of carbonyl (C=O) groups excluding carboxylic acids is 2. The number of aliphatic hydroxyl groups excluding tert-OH is 1. The molecule has 7 nitrogen and oxygen atoms in total. The van der Waals surface area contributed by atoms with Gasteiger partial charge >= 0.3 is 5.97 Å². The summed E-state index contributed by atoms with van der Waals surface area (Å²) in [4.78, 5) is 24.0. The van der Waals surface area contributed by atoms with Crippen molar-refractivity contribution in [3.05, 3.63) is 34.6 Å². The summed E-state index contributed by atoms with van der Waals surface area (Å²) in [6, 6.07) is 0. The van der Waals surface area contributed by atoms with E-state index < -0.39 is 41.1 Å². The van der Waals surface area contributed by atoms with Crippen molar-refractivity contribution in [2.45, 2.75) is 64.4 Å². The van der Waals surface area contributed by atoms with Crippen LogP contribution in [0, 0.1) is 11.8 Å². The molecule has 0 unspecified atom stereocenters. The van der Waals surface area contributed by atoms with Gasteiger partial charge in [-0.25, -0.2) is 0 Å². The first kappa shape index (κ1) is 23.6. The second-order valence-corrected chi connectivity index (χ2v) is 8.51. The number of rotatable bonds is 6. The Hall–Kier alpha value is -1.67. The predicted molar refractivity (Wildman–Crippen MR) is 107 cm³/mol. The van der Waals surface area contributed by atoms with Gasteiger partial charge in [0.1, 0.15) is 17.5 Å². The molecule has 6 atom stereocenters. The summed E-state index contributed by atoms with van der Waals surface area (Å²) in [5.74, 6) is -1.79. The van der Waals surface area contributed by atoms with Crippen LogP contribution in [0.15, 0.2) is 34.6 Å². The number of esters is 1. The van der Waals surface area contributed by atoms with E-state index in [0.29, 0.717) is 17.8 Å². The van der Waals surface area contributed by atoms with Gasteiger partial charge in [-0.2, -0.15) is 0 Å². The number of ether oxygens (including phenoxy) is 2. The van der Waals surface area contributed by atoms with Crippen LogP contribution in [0.25, 0.3) is 0 Å². The lowest BCUT2D eigenvalue weighted by molar-refractivity contribution is -0.174. The Morgan fingerprint density at radius 2 is 2.17 bits per heavy atom. The Morgan fingerprint density at radius 3 is 2.72 bits per heavy atom. The normalized spacial score (nSPS) is 31.5. The maximum absolute atomic E-state index is 12.5. The van der Waals surface area contributed by atoms with Gasteiger partial charge in [-0.05, 0) is 43.6 Å². The lowest BCUT2D eigenvalue weighted by atomic mass is 9.74. The molecular formula is C21H29ClO7. The minimum atomic E-state index is -1.97. The fraction of sp³-hybridized carbons (Fsp3) is 0.619. The van der Waals surface area contributed by atoms with Gasteiger partial charge in [0.15, 0.2) is 5.60 Å². The van der Waals surface area contributed by atoms with Crippen LogP contribution < -0.4 is 0 Å². The van der Waals surface area contributed by atoms with Crippen LogP contribution in [0.1, 0.15) is 41.0 Å². The number of ketones is 1. The Kier molecular flexibility index (Phi) is 7.00. The molecule has 2 aliphatic rings. The third-order valence-electron chi connectivity index (χ3n) is 5.62. The monoisotopic (exact) mass is 428 g/mol. The van der Waals surface area contributed by atoms with Crippen LogP contribution in [0.2, 0.25) is 0 Å². The van der Waals surface area contributed by atoms with Crippen molar-refractivity contribution in [1.82, 2.24) is 0 Å². The molecule has 1 heterocycles. The molecule has 0 amide bonds. The van der Waals surface area contributed by atoms with Crippen LogP contribution in [-0.2, 0) is 19.1 Å². The molecule has 0 aromatic rings. The van der Waals surface area contributed by atoms with Gasteiger partial charge in [-0.15, -0.1) is 0 Å². The van der Waals surface area contributed by atoms with Crippen LogP contribution in [-0.4, -0.2) is 57.1 Å². The Balaban J connectivity index is 2.35. The fourth-order valence-corrected chi connectivity index (χ4v) is 3.94. The first-order chi connectivity index (χ1) is 13.3. The molecule has 0 fully saturated rings. The highest BCUT2D eigenvalue weighted by atomic mass is 35.5. The lowest BCUT2D eigenvalue weighted by Crippen LogP contribution is -2.57. The number of carbonyl (C=O) groups is 2. The van der Waals surface area contributed by atoms with Crippen molar-refractivity contribution in [1.29, 1.82) is 0 Å². The molecule has 0 saturated carbocycles. The maximum Gasteiger partial charge on any atom is 0.303 e. The van der Waals surface area contributed by atoms with Crippen LogP contribution >= 0.6 is 11.6 Å². The van der Waals surface area contributed by atoms with Crippen molar-refractivity contribution in [3.63, 3.8) is 0 Å². The van der Waals surface area contributed by atoms with Crippen LogP contribution in [0.3, 0.4) is 0 Å². The third kappa shape index (κ3) is 4.74. The minimum absolute atomic E-state index is 0.0131. The van der Waals surface area contributed by atoms with Crippen molar-refractivity contribution in [3.8, 4) is 0 Å². The van der Waals surface area contributed by atoms with Gasteiger partial charge in [-0.3, -0.25) is 9.59 Å². The van der Waals surface area contributed by atoms with Crippen molar-refractivity contribution in [2.24, 2.45) is 11.8 Å². The highest BCUT2D eigenvalue weighted by molar-refractivity contribution is 6.44. The first-order valence-corrected chi connectivity index (χ1v) is 9.98. The van der Waals surface area contributed by atoms with Gasteiger partial charge in [0.05, 0.1) is 23.7 Å². The third-order valence-corrected chi connectivity index (χ3v) is 6.01. The summed E-state index contributed by atoms with van der Waals surface area (Å²) in [5, 5.41) is 31.3. The van der Waals surface area contributed by atoms with E-state index >= 15 is 0 Å². The second-order valence-electron chi connectivity index (χ2n) is 8.13. The van der Waals surface area contributed by atoms with Gasteiger partial charge in [0.25, 0.3) is 0 Å². The largest absolute Gasteiger partial charge is 0.493 e. The molecule has 8 heteroatoms. The van der Waals surface area contributed by atoms with E-state index in [1.807, 2.05) is 13.8 Å². The van der Waals surface area contributed by atoms with Gasteiger partial charge < -0.3 is 24.8 Å². The van der Waals surface area contributed by atoms with Gasteiger partial charge in [-0.1, -0.05) is 31.9 Å². The van der Waals surface area contributed by atoms with E-state index in [1.165, 1.54) is 39.0 Å². The molecule has 0 spiro atoms. The van der Waals surface area contributed by atoms with E-state index in [-0.39, 0.29) is 17.6 Å². The number of aliphatic hydroxyl groups is 3. The quantitative estimate of drug-likeness (QED) is 0.554. The van der Waals surface area contributed by atoms with E-state index in [2.05, 4.69) is 0 Å². The maximum atomic E-state index is 12.5. The number of allylic oxidation sites excluding steroid dienone is 2. The number of halogens is 1. The summed E-state index contributed by atoms with van der Waals surface area (Å²) >= 11 is 6.21. The molecule has 162 valence electrons. The topological polar surface area (TPSA) is 113 Å². The zero-order valence-electron chi connectivity index (χ0n) is 17.3. The molecule has 1 aliphatic heterocycles. The zero-order valence-corrected chi connectivity index (χ0v) is 18.1. The number of Topliss-reactive ketones (excluding diaryl/α,β-unsaturated/α-hetero) is 1. The SMILES string of the molecule is CC[C@H](C)[C@@H](O)[C@](C)(O)/C=C/C1=CC2=C(Cl)C(=O)[C@](C)(O)[C@H](OC(C)=O)[C@H]2CO1. The fourth-order valence-electron chi connectivity index (χ4n) is 3.55. The minimum Gasteiger partial charge on any atom is -0.493 e. The average Bonchev–Trinajstić information content (AvgIpc) is 2.66. The summed E-state index contributed by atoms with van der Waals surface area (Å²) < 4.78 is 10.9.